The van der Waals surface area contributed by atoms with Crippen molar-refractivity contribution < 1.29 is 9.59 Å². The number of benzene rings is 1. The SMILES string of the molecule is O=C1NC2(CCCCCC2)C(=O)N1CCSc1cc(Cl)ccc1Cl. The van der Waals surface area contributed by atoms with E-state index in [2.05, 4.69) is 5.32 Å². The van der Waals surface area contributed by atoms with Gasteiger partial charge in [0.1, 0.15) is 5.54 Å². The lowest BCUT2D eigenvalue weighted by molar-refractivity contribution is -0.131. The van der Waals surface area contributed by atoms with Crippen molar-refractivity contribution >= 4 is 46.9 Å². The molecular weight excluding hydrogens is 367 g/mol. The summed E-state index contributed by atoms with van der Waals surface area (Å²) in [5.74, 6) is 0.530. The molecule has 1 heterocycles. The molecule has 1 aromatic carbocycles. The molecule has 130 valence electrons. The highest BCUT2D eigenvalue weighted by atomic mass is 35.5. The molecule has 4 nitrogen and oxygen atoms in total. The minimum atomic E-state index is -0.661. The third kappa shape index (κ3) is 3.68. The molecule has 2 aliphatic rings. The molecule has 1 aliphatic carbocycles. The van der Waals surface area contributed by atoms with Gasteiger partial charge in [-0.15, -0.1) is 11.8 Å². The number of halogens is 2. The van der Waals surface area contributed by atoms with Crippen LogP contribution in [0.25, 0.3) is 0 Å². The van der Waals surface area contributed by atoms with E-state index in [1.165, 1.54) is 16.7 Å². The van der Waals surface area contributed by atoms with Crippen molar-refractivity contribution in [1.29, 1.82) is 0 Å². The van der Waals surface area contributed by atoms with Gasteiger partial charge in [0.2, 0.25) is 0 Å². The van der Waals surface area contributed by atoms with E-state index < -0.39 is 5.54 Å². The van der Waals surface area contributed by atoms with Gasteiger partial charge in [0, 0.05) is 22.2 Å². The number of carbonyl (C=O) groups excluding carboxylic acids is 2. The Labute approximate surface area is 156 Å². The van der Waals surface area contributed by atoms with Crippen LogP contribution in [0.15, 0.2) is 23.1 Å². The largest absolute Gasteiger partial charge is 0.325 e. The first-order chi connectivity index (χ1) is 11.5. The number of urea groups is 1. The molecular formula is C17H20Cl2N2O2S. The van der Waals surface area contributed by atoms with Gasteiger partial charge in [-0.2, -0.15) is 0 Å². The van der Waals surface area contributed by atoms with Crippen LogP contribution in [-0.4, -0.2) is 34.7 Å². The van der Waals surface area contributed by atoms with Gasteiger partial charge in [-0.25, -0.2) is 4.79 Å². The van der Waals surface area contributed by atoms with Crippen molar-refractivity contribution in [2.24, 2.45) is 0 Å². The molecule has 3 amide bonds. The maximum atomic E-state index is 12.8. The van der Waals surface area contributed by atoms with Crippen molar-refractivity contribution in [3.05, 3.63) is 28.2 Å². The molecule has 3 rings (SSSR count). The summed E-state index contributed by atoms with van der Waals surface area (Å²) in [7, 11) is 0. The van der Waals surface area contributed by atoms with Crippen LogP contribution in [0.4, 0.5) is 4.79 Å². The molecule has 1 saturated carbocycles. The Morgan fingerprint density at radius 3 is 2.54 bits per heavy atom. The minimum absolute atomic E-state index is 0.0628. The Balaban J connectivity index is 1.62. The second-order valence-electron chi connectivity index (χ2n) is 6.31. The van der Waals surface area contributed by atoms with E-state index in [9.17, 15) is 9.59 Å². The highest BCUT2D eigenvalue weighted by Gasteiger charge is 2.50. The Hall–Kier alpha value is -0.910. The number of amides is 3. The van der Waals surface area contributed by atoms with Crippen LogP contribution in [0.1, 0.15) is 38.5 Å². The van der Waals surface area contributed by atoms with E-state index in [1.54, 1.807) is 18.2 Å². The average molecular weight is 387 g/mol. The number of nitrogens with zero attached hydrogens (tertiary/aromatic N) is 1. The minimum Gasteiger partial charge on any atom is -0.323 e. The summed E-state index contributed by atoms with van der Waals surface area (Å²) in [5.41, 5.74) is -0.661. The lowest BCUT2D eigenvalue weighted by Gasteiger charge is -2.24. The van der Waals surface area contributed by atoms with Crippen LogP contribution in [0.3, 0.4) is 0 Å². The number of hydrogen-bond donors (Lipinski definition) is 1. The molecule has 1 N–H and O–H groups in total. The lowest BCUT2D eigenvalue weighted by Crippen LogP contribution is -2.46. The molecule has 2 fully saturated rings. The van der Waals surface area contributed by atoms with Crippen LogP contribution < -0.4 is 5.32 Å². The number of thioether (sulfide) groups is 1. The monoisotopic (exact) mass is 386 g/mol. The zero-order valence-electron chi connectivity index (χ0n) is 13.3. The molecule has 1 aliphatic heterocycles. The standard InChI is InChI=1S/C17H20Cl2N2O2S/c18-12-5-6-13(19)14(11-12)24-10-9-21-15(22)17(20-16(21)23)7-3-1-2-4-8-17/h5-6,11H,1-4,7-10H2,(H,20,23). The van der Waals surface area contributed by atoms with Gasteiger partial charge in [0.05, 0.1) is 5.02 Å². The highest BCUT2D eigenvalue weighted by molar-refractivity contribution is 7.99. The Bertz CT molecular complexity index is 645. The summed E-state index contributed by atoms with van der Waals surface area (Å²) in [6, 6.07) is 5.02. The van der Waals surface area contributed by atoms with Crippen LogP contribution in [-0.2, 0) is 4.79 Å². The molecule has 0 aromatic heterocycles. The third-order valence-electron chi connectivity index (χ3n) is 4.67. The predicted octanol–water partition coefficient (Wildman–Crippen LogP) is 4.73. The van der Waals surface area contributed by atoms with Gasteiger partial charge >= 0.3 is 6.03 Å². The maximum absolute atomic E-state index is 12.8. The molecule has 1 saturated heterocycles. The summed E-state index contributed by atoms with van der Waals surface area (Å²) in [5, 5.41) is 4.21. The molecule has 0 radical (unpaired) electrons. The molecule has 0 atom stereocenters. The fraction of sp³-hybridized carbons (Fsp3) is 0.529. The molecule has 7 heteroatoms. The van der Waals surface area contributed by atoms with Gasteiger partial charge in [0.15, 0.2) is 0 Å². The van der Waals surface area contributed by atoms with Gasteiger partial charge in [-0.05, 0) is 31.0 Å². The second kappa shape index (κ2) is 7.54. The van der Waals surface area contributed by atoms with Gasteiger partial charge in [0.25, 0.3) is 5.91 Å². The predicted molar refractivity (Wildman–Crippen MR) is 97.9 cm³/mol. The van der Waals surface area contributed by atoms with E-state index in [1.807, 2.05) is 0 Å². The Morgan fingerprint density at radius 1 is 1.12 bits per heavy atom. The molecule has 24 heavy (non-hydrogen) atoms. The van der Waals surface area contributed by atoms with Crippen molar-refractivity contribution in [3.8, 4) is 0 Å². The van der Waals surface area contributed by atoms with Crippen LogP contribution >= 0.6 is 35.0 Å². The summed E-state index contributed by atoms with van der Waals surface area (Å²) >= 11 is 13.6. The zero-order valence-corrected chi connectivity index (χ0v) is 15.6. The van der Waals surface area contributed by atoms with E-state index >= 15 is 0 Å². The fourth-order valence-corrected chi connectivity index (χ4v) is 4.81. The van der Waals surface area contributed by atoms with Crippen molar-refractivity contribution in [2.75, 3.05) is 12.3 Å². The van der Waals surface area contributed by atoms with Crippen LogP contribution in [0, 0.1) is 0 Å². The van der Waals surface area contributed by atoms with Crippen LogP contribution in [0.5, 0.6) is 0 Å². The highest BCUT2D eigenvalue weighted by Crippen LogP contribution is 2.34. The van der Waals surface area contributed by atoms with Crippen molar-refractivity contribution in [2.45, 2.75) is 49.0 Å². The van der Waals surface area contributed by atoms with Crippen molar-refractivity contribution in [1.82, 2.24) is 10.2 Å². The molecule has 0 unspecified atom stereocenters. The fourth-order valence-electron chi connectivity index (χ4n) is 3.38. The molecule has 1 spiro atoms. The van der Waals surface area contributed by atoms with Crippen molar-refractivity contribution in [3.63, 3.8) is 0 Å². The number of imide groups is 1. The normalized spacial score (nSPS) is 20.3. The lowest BCUT2D eigenvalue weighted by atomic mass is 9.90. The zero-order chi connectivity index (χ0) is 17.2. The first kappa shape index (κ1) is 17.9. The second-order valence-corrected chi connectivity index (χ2v) is 8.29. The summed E-state index contributed by atoms with van der Waals surface area (Å²) in [6.45, 7) is 0.375. The average Bonchev–Trinajstić information content (AvgIpc) is 2.72. The number of carbonyl (C=O) groups is 2. The van der Waals surface area contributed by atoms with E-state index in [4.69, 9.17) is 23.2 Å². The molecule has 1 aromatic rings. The van der Waals surface area contributed by atoms with Gasteiger partial charge in [-0.1, -0.05) is 48.9 Å². The number of nitrogens with one attached hydrogen (secondary N) is 1. The molecule has 0 bridgehead atoms. The Morgan fingerprint density at radius 2 is 1.83 bits per heavy atom. The van der Waals surface area contributed by atoms with E-state index in [-0.39, 0.29) is 11.9 Å². The maximum Gasteiger partial charge on any atom is 0.325 e. The van der Waals surface area contributed by atoms with Gasteiger partial charge < -0.3 is 5.32 Å². The first-order valence-electron chi connectivity index (χ1n) is 8.24. The number of hydrogen-bond acceptors (Lipinski definition) is 3. The number of rotatable bonds is 4. The van der Waals surface area contributed by atoms with Crippen LogP contribution in [0.2, 0.25) is 10.0 Å². The quantitative estimate of drug-likeness (QED) is 0.600. The topological polar surface area (TPSA) is 49.4 Å². The smallest absolute Gasteiger partial charge is 0.323 e. The van der Waals surface area contributed by atoms with E-state index in [0.717, 1.165) is 43.4 Å². The summed E-state index contributed by atoms with van der Waals surface area (Å²) in [4.78, 5) is 27.3. The Kier molecular flexibility index (Phi) is 5.63. The first-order valence-corrected chi connectivity index (χ1v) is 9.98. The van der Waals surface area contributed by atoms with E-state index in [0.29, 0.717) is 22.3 Å². The third-order valence-corrected chi connectivity index (χ3v) is 6.38. The summed E-state index contributed by atoms with van der Waals surface area (Å²) < 4.78 is 0. The van der Waals surface area contributed by atoms with Gasteiger partial charge in [-0.3, -0.25) is 9.69 Å². The summed E-state index contributed by atoms with van der Waals surface area (Å²) in [6.07, 6.45) is 5.75.